The van der Waals surface area contributed by atoms with Gasteiger partial charge in [-0.05, 0) is 36.5 Å². The molecule has 4 rings (SSSR count). The number of aromatic nitrogens is 2. The van der Waals surface area contributed by atoms with Crippen molar-refractivity contribution in [3.05, 3.63) is 53.6 Å². The number of carbonyl (C=O) groups excluding carboxylic acids is 1. The van der Waals surface area contributed by atoms with Gasteiger partial charge >= 0.3 is 0 Å². The number of hydrogen-bond acceptors (Lipinski definition) is 3. The zero-order valence-electron chi connectivity index (χ0n) is 14.0. The van der Waals surface area contributed by atoms with Gasteiger partial charge in [0.25, 0.3) is 5.91 Å². The van der Waals surface area contributed by atoms with Gasteiger partial charge in [0, 0.05) is 50.9 Å². The van der Waals surface area contributed by atoms with Gasteiger partial charge in [0.1, 0.15) is 11.4 Å². The topological polar surface area (TPSA) is 58.4 Å². The Balaban J connectivity index is 1.46. The molecular formula is C19H23N3O2. The lowest BCUT2D eigenvalue weighted by molar-refractivity contribution is -0.0297. The minimum absolute atomic E-state index is 0.0689. The van der Waals surface area contributed by atoms with Crippen LogP contribution in [0.15, 0.2) is 36.7 Å². The molecule has 0 bridgehead atoms. The van der Waals surface area contributed by atoms with Crippen molar-refractivity contribution in [2.24, 2.45) is 7.05 Å². The fourth-order valence-corrected chi connectivity index (χ4v) is 3.64. The van der Waals surface area contributed by atoms with Gasteiger partial charge in [-0.1, -0.05) is 12.1 Å². The highest BCUT2D eigenvalue weighted by molar-refractivity contribution is 5.94. The highest BCUT2D eigenvalue weighted by Crippen LogP contribution is 2.40. The van der Waals surface area contributed by atoms with Crippen LogP contribution in [0, 0.1) is 0 Å². The molecule has 0 radical (unpaired) electrons. The summed E-state index contributed by atoms with van der Waals surface area (Å²) in [6.07, 6.45) is 7.05. The van der Waals surface area contributed by atoms with Crippen molar-refractivity contribution in [2.75, 3.05) is 13.1 Å². The first kappa shape index (κ1) is 15.4. The second-order valence-electron chi connectivity index (χ2n) is 7.09. The summed E-state index contributed by atoms with van der Waals surface area (Å²) in [5.41, 5.74) is 1.11. The Hall–Kier alpha value is -2.14. The van der Waals surface area contributed by atoms with E-state index in [1.54, 1.807) is 6.20 Å². The molecule has 1 N–H and O–H groups in total. The average molecular weight is 325 g/mol. The summed E-state index contributed by atoms with van der Waals surface area (Å²) in [5.74, 6) is 1.40. The molecule has 1 aliphatic carbocycles. The molecule has 2 heterocycles. The van der Waals surface area contributed by atoms with E-state index in [4.69, 9.17) is 0 Å². The number of nitrogens with zero attached hydrogens (tertiary/aromatic N) is 3. The molecule has 1 aliphatic heterocycles. The lowest BCUT2D eigenvalue weighted by Crippen LogP contribution is -2.46. The van der Waals surface area contributed by atoms with E-state index in [2.05, 4.69) is 11.1 Å². The molecule has 24 heavy (non-hydrogen) atoms. The van der Waals surface area contributed by atoms with Gasteiger partial charge in [-0.3, -0.25) is 4.79 Å². The molecule has 1 aromatic heterocycles. The average Bonchev–Trinajstić information content (AvgIpc) is 3.36. The van der Waals surface area contributed by atoms with E-state index in [0.29, 0.717) is 37.7 Å². The van der Waals surface area contributed by atoms with E-state index in [1.165, 1.54) is 18.4 Å². The van der Waals surface area contributed by atoms with Crippen LogP contribution in [0.25, 0.3) is 0 Å². The molecule has 2 fully saturated rings. The van der Waals surface area contributed by atoms with E-state index in [9.17, 15) is 9.90 Å². The fraction of sp³-hybridized carbons (Fsp3) is 0.474. The first-order chi connectivity index (χ1) is 11.6. The first-order valence-corrected chi connectivity index (χ1v) is 8.66. The summed E-state index contributed by atoms with van der Waals surface area (Å²) in [4.78, 5) is 18.9. The number of carbonyl (C=O) groups is 1. The van der Waals surface area contributed by atoms with E-state index in [1.807, 2.05) is 40.9 Å². The molecule has 0 spiro atoms. The number of aliphatic hydroxyl groups is 1. The number of hydrogen-bond donors (Lipinski definition) is 1. The summed E-state index contributed by atoms with van der Waals surface area (Å²) >= 11 is 0. The minimum atomic E-state index is -0.940. The highest BCUT2D eigenvalue weighted by atomic mass is 16.3. The van der Waals surface area contributed by atoms with Crippen LogP contribution in [0.2, 0.25) is 0 Å². The maximum Gasteiger partial charge on any atom is 0.253 e. The normalized spacial score (nSPS) is 20.2. The number of benzene rings is 1. The summed E-state index contributed by atoms with van der Waals surface area (Å²) in [6.45, 7) is 1.10. The van der Waals surface area contributed by atoms with Crippen molar-refractivity contribution in [3.63, 3.8) is 0 Å². The standard InChI is InChI=1S/C19H23N3O2/c1-21-12-9-20-18(21)19(24)7-10-22(11-8-19)17(23)16-4-2-3-15(13-16)14-5-6-14/h2-4,9,12-14,24H,5-8,10-11H2,1H3. The molecule has 1 saturated carbocycles. The lowest BCUT2D eigenvalue weighted by atomic mass is 9.90. The Labute approximate surface area is 141 Å². The molecule has 5 nitrogen and oxygen atoms in total. The van der Waals surface area contributed by atoms with Crippen LogP contribution in [0.4, 0.5) is 0 Å². The van der Waals surface area contributed by atoms with Gasteiger partial charge in [-0.2, -0.15) is 0 Å². The summed E-state index contributed by atoms with van der Waals surface area (Å²) in [6, 6.07) is 8.03. The SMILES string of the molecule is Cn1ccnc1C1(O)CCN(C(=O)c2cccc(C3CC3)c2)CC1. The van der Waals surface area contributed by atoms with Crippen molar-refractivity contribution < 1.29 is 9.90 Å². The van der Waals surface area contributed by atoms with Crippen molar-refractivity contribution in [2.45, 2.75) is 37.2 Å². The lowest BCUT2D eigenvalue weighted by Gasteiger charge is -2.37. The van der Waals surface area contributed by atoms with Crippen LogP contribution in [-0.4, -0.2) is 38.6 Å². The maximum atomic E-state index is 12.8. The number of piperidine rings is 1. The number of rotatable bonds is 3. The molecule has 1 aromatic carbocycles. The molecule has 126 valence electrons. The smallest absolute Gasteiger partial charge is 0.253 e. The number of likely N-dealkylation sites (tertiary alicyclic amines) is 1. The highest BCUT2D eigenvalue weighted by Gasteiger charge is 2.38. The largest absolute Gasteiger partial charge is 0.382 e. The third-order valence-electron chi connectivity index (χ3n) is 5.30. The summed E-state index contributed by atoms with van der Waals surface area (Å²) in [7, 11) is 1.89. The second-order valence-corrected chi connectivity index (χ2v) is 7.09. The van der Waals surface area contributed by atoms with Crippen LogP contribution in [0.3, 0.4) is 0 Å². The minimum Gasteiger partial charge on any atom is -0.382 e. The van der Waals surface area contributed by atoms with E-state index < -0.39 is 5.60 Å². The van der Waals surface area contributed by atoms with Crippen molar-refractivity contribution >= 4 is 5.91 Å². The van der Waals surface area contributed by atoms with Gasteiger partial charge in [-0.25, -0.2) is 4.98 Å². The van der Waals surface area contributed by atoms with Crippen molar-refractivity contribution in [1.82, 2.24) is 14.5 Å². The molecule has 0 atom stereocenters. The first-order valence-electron chi connectivity index (χ1n) is 8.66. The number of aryl methyl sites for hydroxylation is 1. The van der Waals surface area contributed by atoms with Crippen molar-refractivity contribution in [3.8, 4) is 0 Å². The van der Waals surface area contributed by atoms with E-state index in [-0.39, 0.29) is 5.91 Å². The van der Waals surface area contributed by atoms with E-state index in [0.717, 1.165) is 5.56 Å². The fourth-order valence-electron chi connectivity index (χ4n) is 3.64. The quantitative estimate of drug-likeness (QED) is 0.943. The van der Waals surface area contributed by atoms with Crippen LogP contribution >= 0.6 is 0 Å². The Bertz CT molecular complexity index is 755. The van der Waals surface area contributed by atoms with Gasteiger partial charge < -0.3 is 14.6 Å². The zero-order valence-corrected chi connectivity index (χ0v) is 14.0. The predicted molar refractivity (Wildman–Crippen MR) is 90.7 cm³/mol. The molecular weight excluding hydrogens is 302 g/mol. The molecule has 5 heteroatoms. The van der Waals surface area contributed by atoms with Gasteiger partial charge in [0.05, 0.1) is 0 Å². The Morgan fingerprint density at radius 3 is 2.67 bits per heavy atom. The third-order valence-corrected chi connectivity index (χ3v) is 5.30. The summed E-state index contributed by atoms with van der Waals surface area (Å²) in [5, 5.41) is 10.9. The van der Waals surface area contributed by atoms with Crippen LogP contribution in [0.1, 0.15) is 53.3 Å². The van der Waals surface area contributed by atoms with Crippen LogP contribution < -0.4 is 0 Å². The Kier molecular flexibility index (Phi) is 3.68. The van der Waals surface area contributed by atoms with Crippen molar-refractivity contribution in [1.29, 1.82) is 0 Å². The molecule has 2 aromatic rings. The molecule has 1 saturated heterocycles. The Morgan fingerprint density at radius 1 is 1.29 bits per heavy atom. The number of amides is 1. The van der Waals surface area contributed by atoms with Gasteiger partial charge in [0.2, 0.25) is 0 Å². The van der Waals surface area contributed by atoms with E-state index >= 15 is 0 Å². The van der Waals surface area contributed by atoms with Gasteiger partial charge in [-0.15, -0.1) is 0 Å². The van der Waals surface area contributed by atoms with Crippen LogP contribution in [-0.2, 0) is 12.6 Å². The number of imidazole rings is 1. The summed E-state index contributed by atoms with van der Waals surface area (Å²) < 4.78 is 1.86. The maximum absolute atomic E-state index is 12.8. The van der Waals surface area contributed by atoms with Gasteiger partial charge in [0.15, 0.2) is 0 Å². The molecule has 2 aliphatic rings. The monoisotopic (exact) mass is 325 g/mol. The third kappa shape index (κ3) is 2.73. The Morgan fingerprint density at radius 2 is 2.04 bits per heavy atom. The van der Waals surface area contributed by atoms with Crippen LogP contribution in [0.5, 0.6) is 0 Å². The zero-order chi connectivity index (χ0) is 16.7. The molecule has 0 unspecified atom stereocenters. The molecule has 1 amide bonds. The predicted octanol–water partition coefficient (Wildman–Crippen LogP) is 2.42. The second kappa shape index (κ2) is 5.74.